The average Bonchev–Trinajstić information content (AvgIpc) is 2.40. The minimum absolute atomic E-state index is 0.155. The molecule has 1 aromatic rings. The fourth-order valence-corrected chi connectivity index (χ4v) is 2.05. The molecule has 2 rings (SSSR count). The van der Waals surface area contributed by atoms with Crippen LogP contribution in [0.25, 0.3) is 0 Å². The summed E-state index contributed by atoms with van der Waals surface area (Å²) in [7, 11) is 0. The summed E-state index contributed by atoms with van der Waals surface area (Å²) in [5, 5.41) is 3.23. The van der Waals surface area contributed by atoms with Gasteiger partial charge in [-0.1, -0.05) is 30.3 Å². The zero-order valence-corrected chi connectivity index (χ0v) is 9.93. The number of piperazine rings is 1. The van der Waals surface area contributed by atoms with Crippen molar-refractivity contribution in [2.45, 2.75) is 12.5 Å². The van der Waals surface area contributed by atoms with Crippen molar-refractivity contribution >= 4 is 5.91 Å². The molecular weight excluding hydrogens is 214 g/mol. The Morgan fingerprint density at radius 3 is 2.59 bits per heavy atom. The van der Waals surface area contributed by atoms with Gasteiger partial charge in [0.05, 0.1) is 0 Å². The first-order valence-electron chi connectivity index (χ1n) is 6.06. The zero-order chi connectivity index (χ0) is 12.1. The molecule has 92 valence electrons. The maximum Gasteiger partial charge on any atom is 0.224 e. The molecule has 1 heterocycles. The number of hydrogen-bond donors (Lipinski definition) is 2. The molecule has 0 radical (unpaired) electrons. The molecule has 1 aliphatic rings. The van der Waals surface area contributed by atoms with Crippen molar-refractivity contribution in [1.29, 1.82) is 0 Å². The molecule has 1 aliphatic heterocycles. The van der Waals surface area contributed by atoms with Crippen molar-refractivity contribution in [1.82, 2.24) is 10.2 Å². The molecule has 1 aromatic carbocycles. The lowest BCUT2D eigenvalue weighted by Gasteiger charge is -2.28. The first-order valence-corrected chi connectivity index (χ1v) is 6.06. The number of carbonyl (C=O) groups is 1. The lowest BCUT2D eigenvalue weighted by Crippen LogP contribution is -2.47. The van der Waals surface area contributed by atoms with Crippen LogP contribution >= 0.6 is 0 Å². The number of nitrogens with two attached hydrogens (primary N) is 1. The normalized spacial score (nSPS) is 17.8. The van der Waals surface area contributed by atoms with E-state index in [-0.39, 0.29) is 11.9 Å². The summed E-state index contributed by atoms with van der Waals surface area (Å²) >= 11 is 0. The maximum atomic E-state index is 12.0. The molecule has 1 fully saturated rings. The third kappa shape index (κ3) is 3.28. The molecule has 4 heteroatoms. The quantitative estimate of drug-likeness (QED) is 0.799. The Hall–Kier alpha value is -1.39. The van der Waals surface area contributed by atoms with Crippen LogP contribution in [0.3, 0.4) is 0 Å². The van der Waals surface area contributed by atoms with E-state index in [2.05, 4.69) is 5.32 Å². The molecular formula is C13H19N3O. The van der Waals surface area contributed by atoms with Gasteiger partial charge in [0, 0.05) is 38.6 Å². The third-order valence-electron chi connectivity index (χ3n) is 3.09. The predicted molar refractivity (Wildman–Crippen MR) is 67.4 cm³/mol. The van der Waals surface area contributed by atoms with Crippen molar-refractivity contribution in [3.63, 3.8) is 0 Å². The standard InChI is InChI=1S/C13H19N3O/c14-12(11-4-2-1-3-5-11)10-13(17)16-8-6-15-7-9-16/h1-5,12,15H,6-10,14H2. The highest BCUT2D eigenvalue weighted by Crippen LogP contribution is 2.14. The largest absolute Gasteiger partial charge is 0.340 e. The fourth-order valence-electron chi connectivity index (χ4n) is 2.05. The number of nitrogens with zero attached hydrogens (tertiary/aromatic N) is 1. The van der Waals surface area contributed by atoms with Gasteiger partial charge in [0.2, 0.25) is 5.91 Å². The smallest absolute Gasteiger partial charge is 0.224 e. The molecule has 0 aromatic heterocycles. The summed E-state index contributed by atoms with van der Waals surface area (Å²) < 4.78 is 0. The van der Waals surface area contributed by atoms with E-state index < -0.39 is 0 Å². The van der Waals surface area contributed by atoms with Crippen molar-refractivity contribution in [2.24, 2.45) is 5.73 Å². The van der Waals surface area contributed by atoms with Crippen LogP contribution in [0.15, 0.2) is 30.3 Å². The third-order valence-corrected chi connectivity index (χ3v) is 3.09. The Labute approximate surface area is 102 Å². The number of amides is 1. The number of benzene rings is 1. The van der Waals surface area contributed by atoms with Crippen molar-refractivity contribution < 1.29 is 4.79 Å². The molecule has 17 heavy (non-hydrogen) atoms. The Balaban J connectivity index is 1.89. The second kappa shape index (κ2) is 5.80. The van der Waals surface area contributed by atoms with Gasteiger partial charge in [-0.25, -0.2) is 0 Å². The zero-order valence-electron chi connectivity index (χ0n) is 9.93. The summed E-state index contributed by atoms with van der Waals surface area (Å²) in [6, 6.07) is 9.59. The highest BCUT2D eigenvalue weighted by molar-refractivity contribution is 5.77. The van der Waals surface area contributed by atoms with Crippen LogP contribution in [0.2, 0.25) is 0 Å². The lowest BCUT2D eigenvalue weighted by molar-refractivity contribution is -0.132. The molecule has 1 unspecified atom stereocenters. The van der Waals surface area contributed by atoms with E-state index >= 15 is 0 Å². The van der Waals surface area contributed by atoms with Gasteiger partial charge in [0.15, 0.2) is 0 Å². The molecule has 1 atom stereocenters. The minimum Gasteiger partial charge on any atom is -0.340 e. The number of hydrogen-bond acceptors (Lipinski definition) is 3. The van der Waals surface area contributed by atoms with Crippen molar-refractivity contribution in [3.05, 3.63) is 35.9 Å². The SMILES string of the molecule is NC(CC(=O)N1CCNCC1)c1ccccc1. The first-order chi connectivity index (χ1) is 8.27. The van der Waals surface area contributed by atoms with Crippen LogP contribution in [-0.4, -0.2) is 37.0 Å². The predicted octanol–water partition coefficient (Wildman–Crippen LogP) is 0.508. The summed E-state index contributed by atoms with van der Waals surface area (Å²) in [4.78, 5) is 13.9. The number of rotatable bonds is 3. The van der Waals surface area contributed by atoms with Gasteiger partial charge in [-0.05, 0) is 5.56 Å². The number of nitrogens with one attached hydrogen (secondary N) is 1. The molecule has 3 N–H and O–H groups in total. The van der Waals surface area contributed by atoms with Gasteiger partial charge in [0.1, 0.15) is 0 Å². The average molecular weight is 233 g/mol. The monoisotopic (exact) mass is 233 g/mol. The molecule has 1 saturated heterocycles. The van der Waals surface area contributed by atoms with E-state index in [1.807, 2.05) is 35.2 Å². The van der Waals surface area contributed by atoms with Crippen molar-refractivity contribution in [3.8, 4) is 0 Å². The van der Waals surface area contributed by atoms with Gasteiger partial charge in [-0.15, -0.1) is 0 Å². The van der Waals surface area contributed by atoms with E-state index in [0.717, 1.165) is 31.7 Å². The van der Waals surface area contributed by atoms with Gasteiger partial charge >= 0.3 is 0 Å². The molecule has 0 saturated carbocycles. The van der Waals surface area contributed by atoms with Crippen LogP contribution in [0.4, 0.5) is 0 Å². The van der Waals surface area contributed by atoms with Crippen LogP contribution in [0.1, 0.15) is 18.0 Å². The van der Waals surface area contributed by atoms with E-state index in [9.17, 15) is 4.79 Å². The van der Waals surface area contributed by atoms with E-state index in [4.69, 9.17) is 5.73 Å². The summed E-state index contributed by atoms with van der Waals surface area (Å²) in [6.45, 7) is 3.35. The number of carbonyl (C=O) groups excluding carboxylic acids is 1. The molecule has 1 amide bonds. The Morgan fingerprint density at radius 2 is 1.94 bits per heavy atom. The summed E-state index contributed by atoms with van der Waals surface area (Å²) in [5.74, 6) is 0.155. The fraction of sp³-hybridized carbons (Fsp3) is 0.462. The second-order valence-electron chi connectivity index (χ2n) is 4.35. The van der Waals surface area contributed by atoms with Crippen LogP contribution < -0.4 is 11.1 Å². The van der Waals surface area contributed by atoms with Crippen LogP contribution in [0.5, 0.6) is 0 Å². The van der Waals surface area contributed by atoms with Gasteiger partial charge in [-0.3, -0.25) is 4.79 Å². The second-order valence-corrected chi connectivity index (χ2v) is 4.35. The lowest BCUT2D eigenvalue weighted by atomic mass is 10.0. The van der Waals surface area contributed by atoms with E-state index in [0.29, 0.717) is 6.42 Å². The maximum absolute atomic E-state index is 12.0. The highest BCUT2D eigenvalue weighted by atomic mass is 16.2. The first kappa shape index (κ1) is 12.1. The van der Waals surface area contributed by atoms with E-state index in [1.54, 1.807) is 0 Å². The molecule has 4 nitrogen and oxygen atoms in total. The molecule has 0 aliphatic carbocycles. The Kier molecular flexibility index (Phi) is 4.12. The van der Waals surface area contributed by atoms with Gasteiger partial charge < -0.3 is 16.0 Å². The molecule has 0 spiro atoms. The van der Waals surface area contributed by atoms with Gasteiger partial charge in [0.25, 0.3) is 0 Å². The van der Waals surface area contributed by atoms with Crippen LogP contribution in [-0.2, 0) is 4.79 Å². The van der Waals surface area contributed by atoms with Crippen molar-refractivity contribution in [2.75, 3.05) is 26.2 Å². The highest BCUT2D eigenvalue weighted by Gasteiger charge is 2.19. The van der Waals surface area contributed by atoms with Gasteiger partial charge in [-0.2, -0.15) is 0 Å². The van der Waals surface area contributed by atoms with E-state index in [1.165, 1.54) is 0 Å². The Morgan fingerprint density at radius 1 is 1.29 bits per heavy atom. The minimum atomic E-state index is -0.196. The summed E-state index contributed by atoms with van der Waals surface area (Å²) in [5.41, 5.74) is 7.06. The topological polar surface area (TPSA) is 58.4 Å². The Bertz CT molecular complexity index is 360. The van der Waals surface area contributed by atoms with Crippen LogP contribution in [0, 0.1) is 0 Å². The molecule has 0 bridgehead atoms. The summed E-state index contributed by atoms with van der Waals surface area (Å²) in [6.07, 6.45) is 0.393.